The van der Waals surface area contributed by atoms with Gasteiger partial charge in [-0.1, -0.05) is 0 Å². The molecule has 0 bridgehead atoms. The lowest BCUT2D eigenvalue weighted by Gasteiger charge is -2.05. The molecule has 6 nitrogen and oxygen atoms in total. The van der Waals surface area contributed by atoms with Crippen LogP contribution in [0.15, 0.2) is 12.4 Å². The maximum atomic E-state index is 10.8. The molecule has 1 rings (SSSR count). The average Bonchev–Trinajstić information content (AvgIpc) is 2.17. The molecular formula is C8H11N3O3S. The largest absolute Gasteiger partial charge is 0.476 e. The number of carboxylic acid groups (broad SMARTS) is 1. The highest BCUT2D eigenvalue weighted by atomic mass is 32.2. The van der Waals surface area contributed by atoms with Gasteiger partial charge in [-0.25, -0.2) is 14.8 Å². The number of anilines is 1. The molecule has 0 radical (unpaired) electrons. The summed E-state index contributed by atoms with van der Waals surface area (Å²) in [6.45, 7) is 0.405. The van der Waals surface area contributed by atoms with E-state index in [1.165, 1.54) is 12.4 Å². The first-order valence-corrected chi connectivity index (χ1v) is 5.92. The predicted molar refractivity (Wildman–Crippen MR) is 56.4 cm³/mol. The summed E-state index contributed by atoms with van der Waals surface area (Å²) >= 11 is 0. The standard InChI is InChI=1S/C8H11N3O3S/c1-15(14)5-4-11-7-6(8(12)13)9-2-3-10-7/h2-3H,4-5H2,1H3,(H,10,11)(H,12,13). The van der Waals surface area contributed by atoms with Gasteiger partial charge in [0.05, 0.1) is 0 Å². The third-order valence-electron chi connectivity index (χ3n) is 1.58. The average molecular weight is 229 g/mol. The first-order chi connectivity index (χ1) is 7.11. The number of hydrogen-bond acceptors (Lipinski definition) is 5. The number of carbonyl (C=O) groups is 1. The van der Waals surface area contributed by atoms with Crippen molar-refractivity contribution in [2.45, 2.75) is 0 Å². The molecular weight excluding hydrogens is 218 g/mol. The predicted octanol–water partition coefficient (Wildman–Crippen LogP) is -0.0348. The Bertz CT molecular complexity index is 383. The van der Waals surface area contributed by atoms with Crippen LogP contribution in [0.2, 0.25) is 0 Å². The van der Waals surface area contributed by atoms with E-state index in [0.717, 1.165) is 0 Å². The van der Waals surface area contributed by atoms with E-state index in [1.54, 1.807) is 6.26 Å². The summed E-state index contributed by atoms with van der Waals surface area (Å²) in [5.74, 6) is -0.492. The number of nitrogens with zero attached hydrogens (tertiary/aromatic N) is 2. The molecule has 0 saturated heterocycles. The van der Waals surface area contributed by atoms with Crippen LogP contribution in [0.5, 0.6) is 0 Å². The minimum absolute atomic E-state index is 0.126. The van der Waals surface area contributed by atoms with Crippen LogP contribution < -0.4 is 5.32 Å². The topological polar surface area (TPSA) is 92.2 Å². The van der Waals surface area contributed by atoms with Crippen molar-refractivity contribution < 1.29 is 14.1 Å². The van der Waals surface area contributed by atoms with Crippen molar-refractivity contribution in [3.8, 4) is 0 Å². The molecule has 1 atom stereocenters. The highest BCUT2D eigenvalue weighted by molar-refractivity contribution is 7.84. The molecule has 0 fully saturated rings. The maximum Gasteiger partial charge on any atom is 0.358 e. The van der Waals surface area contributed by atoms with Crippen molar-refractivity contribution in [3.63, 3.8) is 0 Å². The van der Waals surface area contributed by atoms with Crippen molar-refractivity contribution >= 4 is 22.6 Å². The van der Waals surface area contributed by atoms with Gasteiger partial charge in [-0.05, 0) is 0 Å². The van der Waals surface area contributed by atoms with E-state index >= 15 is 0 Å². The molecule has 7 heteroatoms. The van der Waals surface area contributed by atoms with E-state index < -0.39 is 16.8 Å². The first-order valence-electron chi connectivity index (χ1n) is 4.19. The second-order valence-corrected chi connectivity index (χ2v) is 4.32. The Hall–Kier alpha value is -1.50. The third-order valence-corrected chi connectivity index (χ3v) is 2.36. The zero-order valence-corrected chi connectivity index (χ0v) is 8.95. The molecule has 2 N–H and O–H groups in total. The van der Waals surface area contributed by atoms with Crippen LogP contribution in [-0.4, -0.2) is 43.8 Å². The van der Waals surface area contributed by atoms with Gasteiger partial charge in [0.2, 0.25) is 0 Å². The number of hydrogen-bond donors (Lipinski definition) is 2. The van der Waals surface area contributed by atoms with E-state index in [4.69, 9.17) is 5.11 Å². The fraction of sp³-hybridized carbons (Fsp3) is 0.375. The Morgan fingerprint density at radius 1 is 1.53 bits per heavy atom. The van der Waals surface area contributed by atoms with Crippen molar-refractivity contribution in [1.29, 1.82) is 0 Å². The quantitative estimate of drug-likeness (QED) is 0.736. The lowest BCUT2D eigenvalue weighted by molar-refractivity contribution is 0.0691. The van der Waals surface area contributed by atoms with E-state index in [2.05, 4.69) is 15.3 Å². The highest BCUT2D eigenvalue weighted by Gasteiger charge is 2.11. The van der Waals surface area contributed by atoms with Crippen molar-refractivity contribution in [2.75, 3.05) is 23.9 Å². The summed E-state index contributed by atoms with van der Waals surface area (Å²) in [7, 11) is -0.915. The van der Waals surface area contributed by atoms with Gasteiger partial charge in [0.1, 0.15) is 0 Å². The smallest absolute Gasteiger partial charge is 0.358 e. The molecule has 0 amide bonds. The highest BCUT2D eigenvalue weighted by Crippen LogP contribution is 2.07. The van der Waals surface area contributed by atoms with Crippen LogP contribution in [0.3, 0.4) is 0 Å². The molecule has 1 unspecified atom stereocenters. The molecule has 0 saturated carbocycles. The Morgan fingerprint density at radius 3 is 2.80 bits per heavy atom. The lowest BCUT2D eigenvalue weighted by Crippen LogP contribution is -2.14. The molecule has 1 aromatic heterocycles. The number of carboxylic acids is 1. The second-order valence-electron chi connectivity index (χ2n) is 2.76. The SMILES string of the molecule is CS(=O)CCNc1nccnc1C(=O)O. The summed E-state index contributed by atoms with van der Waals surface area (Å²) in [4.78, 5) is 18.2. The Labute approximate surface area is 89.2 Å². The van der Waals surface area contributed by atoms with Gasteiger partial charge in [0.25, 0.3) is 0 Å². The zero-order chi connectivity index (χ0) is 11.3. The van der Waals surface area contributed by atoms with Crippen LogP contribution in [0.4, 0.5) is 5.82 Å². The second kappa shape index (κ2) is 5.40. The number of aromatic nitrogens is 2. The third kappa shape index (κ3) is 3.62. The number of aromatic carboxylic acids is 1. The lowest BCUT2D eigenvalue weighted by atomic mass is 10.4. The van der Waals surface area contributed by atoms with Crippen molar-refractivity contribution in [3.05, 3.63) is 18.1 Å². The molecule has 1 aromatic rings. The fourth-order valence-electron chi connectivity index (χ4n) is 0.937. The minimum atomic E-state index is -1.14. The van der Waals surface area contributed by atoms with E-state index in [0.29, 0.717) is 12.3 Å². The van der Waals surface area contributed by atoms with Crippen molar-refractivity contribution in [1.82, 2.24) is 9.97 Å². The first kappa shape index (κ1) is 11.6. The molecule has 0 aliphatic heterocycles. The molecule has 0 aliphatic carbocycles. The van der Waals surface area contributed by atoms with E-state index in [1.807, 2.05) is 0 Å². The minimum Gasteiger partial charge on any atom is -0.476 e. The summed E-state index contributed by atoms with van der Waals surface area (Å²) in [5.41, 5.74) is -0.126. The van der Waals surface area contributed by atoms with Gasteiger partial charge in [0, 0.05) is 41.7 Å². The fourth-order valence-corrected chi connectivity index (χ4v) is 1.33. The Morgan fingerprint density at radius 2 is 2.20 bits per heavy atom. The summed E-state index contributed by atoms with van der Waals surface area (Å²) in [6, 6.07) is 0. The van der Waals surface area contributed by atoms with Gasteiger partial charge < -0.3 is 10.4 Å². The van der Waals surface area contributed by atoms with Gasteiger partial charge in [-0.3, -0.25) is 4.21 Å². The normalized spacial score (nSPS) is 12.1. The van der Waals surface area contributed by atoms with Gasteiger partial charge in [0.15, 0.2) is 11.5 Å². The van der Waals surface area contributed by atoms with Gasteiger partial charge >= 0.3 is 5.97 Å². The Balaban J connectivity index is 2.67. The molecule has 0 aromatic carbocycles. The molecule has 0 spiro atoms. The van der Waals surface area contributed by atoms with Crippen molar-refractivity contribution in [2.24, 2.45) is 0 Å². The number of rotatable bonds is 5. The van der Waals surface area contributed by atoms with Crippen LogP contribution in [0, 0.1) is 0 Å². The number of nitrogens with one attached hydrogen (secondary N) is 1. The van der Waals surface area contributed by atoms with Crippen LogP contribution in [0.25, 0.3) is 0 Å². The van der Waals surface area contributed by atoms with Crippen LogP contribution >= 0.6 is 0 Å². The van der Waals surface area contributed by atoms with Gasteiger partial charge in [-0.15, -0.1) is 0 Å². The van der Waals surface area contributed by atoms with E-state index in [-0.39, 0.29) is 11.5 Å². The summed E-state index contributed by atoms with van der Waals surface area (Å²) in [5, 5.41) is 11.6. The summed E-state index contributed by atoms with van der Waals surface area (Å²) in [6.07, 6.45) is 4.29. The zero-order valence-electron chi connectivity index (χ0n) is 8.14. The van der Waals surface area contributed by atoms with Gasteiger partial charge in [-0.2, -0.15) is 0 Å². The van der Waals surface area contributed by atoms with E-state index in [9.17, 15) is 9.00 Å². The molecule has 15 heavy (non-hydrogen) atoms. The molecule has 0 aliphatic rings. The van der Waals surface area contributed by atoms with Crippen LogP contribution in [0.1, 0.15) is 10.5 Å². The Kier molecular flexibility index (Phi) is 4.17. The maximum absolute atomic E-state index is 10.8. The van der Waals surface area contributed by atoms with Crippen LogP contribution in [-0.2, 0) is 10.8 Å². The molecule has 82 valence electrons. The summed E-state index contributed by atoms with van der Waals surface area (Å²) < 4.78 is 10.8. The molecule has 1 heterocycles. The monoisotopic (exact) mass is 229 g/mol.